The number of benzene rings is 2. The van der Waals surface area contributed by atoms with E-state index < -0.39 is 15.9 Å². The van der Waals surface area contributed by atoms with Crippen molar-refractivity contribution in [2.75, 3.05) is 20.2 Å². The Bertz CT molecular complexity index is 898. The second-order valence-electron chi connectivity index (χ2n) is 6.02. The van der Waals surface area contributed by atoms with Gasteiger partial charge in [-0.1, -0.05) is 12.1 Å². The third-order valence-corrected chi connectivity index (χ3v) is 5.72. The Balaban J connectivity index is 2.00. The minimum absolute atomic E-state index is 0.0947. The average molecular weight is 394 g/mol. The van der Waals surface area contributed by atoms with E-state index in [9.17, 15) is 17.6 Å². The van der Waals surface area contributed by atoms with Gasteiger partial charge in [0.1, 0.15) is 11.6 Å². The number of nitrogens with zero attached hydrogens (tertiary/aromatic N) is 1. The molecule has 146 valence electrons. The van der Waals surface area contributed by atoms with E-state index in [0.717, 1.165) is 9.87 Å². The molecule has 1 amide bonds. The van der Waals surface area contributed by atoms with Gasteiger partial charge in [0.2, 0.25) is 15.9 Å². The Kier molecular flexibility index (Phi) is 6.92. The molecule has 0 aliphatic rings. The van der Waals surface area contributed by atoms with E-state index in [-0.39, 0.29) is 23.8 Å². The predicted molar refractivity (Wildman–Crippen MR) is 100 cm³/mol. The van der Waals surface area contributed by atoms with Crippen LogP contribution in [0, 0.1) is 12.7 Å². The van der Waals surface area contributed by atoms with Crippen LogP contribution in [0.2, 0.25) is 0 Å². The number of aryl methyl sites for hydroxylation is 1. The van der Waals surface area contributed by atoms with Gasteiger partial charge in [0.25, 0.3) is 0 Å². The summed E-state index contributed by atoms with van der Waals surface area (Å²) in [4.78, 5) is 12.2. The lowest BCUT2D eigenvalue weighted by Crippen LogP contribution is -2.38. The molecular formula is C19H23FN2O4S. The molecule has 2 aromatic carbocycles. The highest BCUT2D eigenvalue weighted by atomic mass is 32.2. The highest BCUT2D eigenvalue weighted by Crippen LogP contribution is 2.23. The number of halogens is 1. The van der Waals surface area contributed by atoms with Crippen LogP contribution in [0.15, 0.2) is 47.4 Å². The molecule has 0 fully saturated rings. The summed E-state index contributed by atoms with van der Waals surface area (Å²) in [5.41, 5.74) is 1.42. The van der Waals surface area contributed by atoms with Gasteiger partial charge in [-0.05, 0) is 55.3 Å². The van der Waals surface area contributed by atoms with Gasteiger partial charge in [0.15, 0.2) is 0 Å². The van der Waals surface area contributed by atoms with Crippen LogP contribution in [0.25, 0.3) is 0 Å². The van der Waals surface area contributed by atoms with Crippen molar-refractivity contribution in [3.05, 3.63) is 59.4 Å². The molecule has 27 heavy (non-hydrogen) atoms. The van der Waals surface area contributed by atoms with Gasteiger partial charge in [-0.2, -0.15) is 4.31 Å². The number of amides is 1. The van der Waals surface area contributed by atoms with Crippen LogP contribution in [0.4, 0.5) is 4.39 Å². The number of sulfonamides is 1. The first kappa shape index (κ1) is 20.9. The van der Waals surface area contributed by atoms with Gasteiger partial charge in [0.05, 0.1) is 18.0 Å². The third-order valence-electron chi connectivity index (χ3n) is 3.92. The maximum absolute atomic E-state index is 12.9. The van der Waals surface area contributed by atoms with Crippen molar-refractivity contribution < 1.29 is 22.3 Å². The van der Waals surface area contributed by atoms with Gasteiger partial charge >= 0.3 is 0 Å². The van der Waals surface area contributed by atoms with Crippen LogP contribution in [0.3, 0.4) is 0 Å². The van der Waals surface area contributed by atoms with Gasteiger partial charge in [-0.15, -0.1) is 0 Å². The number of ether oxygens (including phenoxy) is 1. The quantitative estimate of drug-likeness (QED) is 0.746. The first-order valence-electron chi connectivity index (χ1n) is 8.45. The Labute approximate surface area is 159 Å². The molecule has 0 heterocycles. The molecule has 0 spiro atoms. The Morgan fingerprint density at radius 3 is 2.44 bits per heavy atom. The normalized spacial score (nSPS) is 11.4. The van der Waals surface area contributed by atoms with Gasteiger partial charge in [-0.25, -0.2) is 12.8 Å². The van der Waals surface area contributed by atoms with E-state index in [1.54, 1.807) is 25.1 Å². The van der Waals surface area contributed by atoms with E-state index in [4.69, 9.17) is 4.74 Å². The number of hydrogen-bond acceptors (Lipinski definition) is 4. The van der Waals surface area contributed by atoms with Crippen LogP contribution in [0.5, 0.6) is 5.75 Å². The molecule has 2 aromatic rings. The number of carbonyl (C=O) groups excluding carboxylic acids is 1. The summed E-state index contributed by atoms with van der Waals surface area (Å²) in [5, 5.41) is 2.62. The van der Waals surface area contributed by atoms with Crippen molar-refractivity contribution in [1.29, 1.82) is 0 Å². The smallest absolute Gasteiger partial charge is 0.243 e. The van der Waals surface area contributed by atoms with Crippen molar-refractivity contribution in [2.24, 2.45) is 0 Å². The van der Waals surface area contributed by atoms with E-state index in [2.05, 4.69) is 5.32 Å². The Morgan fingerprint density at radius 2 is 1.85 bits per heavy atom. The highest BCUT2D eigenvalue weighted by molar-refractivity contribution is 7.89. The van der Waals surface area contributed by atoms with Crippen LogP contribution < -0.4 is 10.1 Å². The molecule has 0 aliphatic heterocycles. The fraction of sp³-hybridized carbons (Fsp3) is 0.316. The van der Waals surface area contributed by atoms with Crippen molar-refractivity contribution in [1.82, 2.24) is 9.62 Å². The standard InChI is InChI=1S/C19H23FN2O4S/c1-4-26-18-10-9-17(11-14(18)2)27(24,25)22(3)13-19(23)21-12-15-5-7-16(20)8-6-15/h5-11H,4,12-13H2,1-3H3,(H,21,23). The van der Waals surface area contributed by atoms with Crippen LogP contribution in [-0.4, -0.2) is 38.8 Å². The number of carbonyl (C=O) groups is 1. The van der Waals surface area contributed by atoms with Gasteiger partial charge in [0, 0.05) is 13.6 Å². The largest absolute Gasteiger partial charge is 0.494 e. The van der Waals surface area contributed by atoms with Crippen LogP contribution in [-0.2, 0) is 21.4 Å². The molecule has 0 atom stereocenters. The van der Waals surface area contributed by atoms with Crippen molar-refractivity contribution >= 4 is 15.9 Å². The highest BCUT2D eigenvalue weighted by Gasteiger charge is 2.23. The lowest BCUT2D eigenvalue weighted by molar-refractivity contribution is -0.121. The summed E-state index contributed by atoms with van der Waals surface area (Å²) in [6.07, 6.45) is 0. The molecule has 0 aromatic heterocycles. The van der Waals surface area contributed by atoms with Gasteiger partial charge < -0.3 is 10.1 Å². The lowest BCUT2D eigenvalue weighted by Gasteiger charge is -2.18. The van der Waals surface area contributed by atoms with E-state index in [1.165, 1.54) is 31.3 Å². The average Bonchev–Trinajstić information content (AvgIpc) is 2.63. The van der Waals surface area contributed by atoms with Crippen LogP contribution in [0.1, 0.15) is 18.1 Å². The second kappa shape index (κ2) is 8.96. The number of nitrogens with one attached hydrogen (secondary N) is 1. The number of rotatable bonds is 8. The second-order valence-corrected chi connectivity index (χ2v) is 8.07. The van der Waals surface area contributed by atoms with E-state index in [1.807, 2.05) is 6.92 Å². The summed E-state index contributed by atoms with van der Waals surface area (Å²) >= 11 is 0. The molecule has 0 saturated carbocycles. The Morgan fingerprint density at radius 1 is 1.19 bits per heavy atom. The molecule has 0 saturated heterocycles. The maximum Gasteiger partial charge on any atom is 0.243 e. The first-order valence-corrected chi connectivity index (χ1v) is 9.89. The minimum atomic E-state index is -3.81. The van der Waals surface area contributed by atoms with E-state index in [0.29, 0.717) is 17.9 Å². The molecule has 1 N–H and O–H groups in total. The summed E-state index contributed by atoms with van der Waals surface area (Å²) in [5.74, 6) is -0.189. The fourth-order valence-corrected chi connectivity index (χ4v) is 3.64. The third kappa shape index (κ3) is 5.51. The predicted octanol–water partition coefficient (Wildman–Crippen LogP) is 2.47. The minimum Gasteiger partial charge on any atom is -0.494 e. The van der Waals surface area contributed by atoms with Gasteiger partial charge in [-0.3, -0.25) is 4.79 Å². The first-order chi connectivity index (χ1) is 12.7. The molecular weight excluding hydrogens is 371 g/mol. The summed E-state index contributed by atoms with van der Waals surface area (Å²) in [6, 6.07) is 10.3. The number of likely N-dealkylation sites (N-methyl/N-ethyl adjacent to an activating group) is 1. The summed E-state index contributed by atoms with van der Waals surface area (Å²) < 4.78 is 44.6. The molecule has 2 rings (SSSR count). The zero-order valence-corrected chi connectivity index (χ0v) is 16.3. The monoisotopic (exact) mass is 394 g/mol. The Hall–Kier alpha value is -2.45. The molecule has 0 aliphatic carbocycles. The fourth-order valence-electron chi connectivity index (χ4n) is 2.43. The van der Waals surface area contributed by atoms with Crippen molar-refractivity contribution in [2.45, 2.75) is 25.3 Å². The van der Waals surface area contributed by atoms with Crippen molar-refractivity contribution in [3.8, 4) is 5.75 Å². The molecule has 0 unspecified atom stereocenters. The lowest BCUT2D eigenvalue weighted by atomic mass is 10.2. The van der Waals surface area contributed by atoms with Crippen molar-refractivity contribution in [3.63, 3.8) is 0 Å². The number of hydrogen-bond donors (Lipinski definition) is 1. The summed E-state index contributed by atoms with van der Waals surface area (Å²) in [7, 11) is -2.46. The van der Waals surface area contributed by atoms with E-state index >= 15 is 0 Å². The SMILES string of the molecule is CCOc1ccc(S(=O)(=O)N(C)CC(=O)NCc2ccc(F)cc2)cc1C. The molecule has 6 nitrogen and oxygen atoms in total. The molecule has 0 radical (unpaired) electrons. The zero-order chi connectivity index (χ0) is 20.0. The van der Waals surface area contributed by atoms with Crippen LogP contribution >= 0.6 is 0 Å². The topological polar surface area (TPSA) is 75.7 Å². The molecule has 8 heteroatoms. The maximum atomic E-state index is 12.9. The zero-order valence-electron chi connectivity index (χ0n) is 15.5. The summed E-state index contributed by atoms with van der Waals surface area (Å²) in [6.45, 7) is 3.97. The molecule has 0 bridgehead atoms.